The maximum absolute atomic E-state index is 11.5. The van der Waals surface area contributed by atoms with E-state index in [0.29, 0.717) is 11.4 Å². The minimum atomic E-state index is -3.34. The molecular formula is C10H13BrN2O3S. The fraction of sp³-hybridized carbons (Fsp3) is 0.300. The summed E-state index contributed by atoms with van der Waals surface area (Å²) in [5.41, 5.74) is 7.34. The van der Waals surface area contributed by atoms with Crippen LogP contribution >= 0.6 is 15.9 Å². The van der Waals surface area contributed by atoms with Crippen molar-refractivity contribution in [3.63, 3.8) is 0 Å². The molecule has 1 aromatic rings. The van der Waals surface area contributed by atoms with E-state index in [1.807, 2.05) is 0 Å². The molecule has 3 N–H and O–H groups in total. The molecule has 0 atom stereocenters. The lowest BCUT2D eigenvalue weighted by Crippen LogP contribution is -2.23. The Hall–Kier alpha value is -1.08. The minimum absolute atomic E-state index is 0.388. The number of anilines is 2. The number of nitrogen functional groups attached to an aromatic ring is 1. The third-order valence-corrected chi connectivity index (χ3v) is 3.23. The number of halogens is 1. The molecule has 1 rings (SSSR count). The molecule has 94 valence electrons. The molecule has 0 saturated carbocycles. The third kappa shape index (κ3) is 4.35. The van der Waals surface area contributed by atoms with Crippen molar-refractivity contribution in [1.82, 2.24) is 0 Å². The normalized spacial score (nSPS) is 11.2. The van der Waals surface area contributed by atoms with Crippen molar-refractivity contribution in [3.05, 3.63) is 22.2 Å². The second kappa shape index (κ2) is 5.05. The van der Waals surface area contributed by atoms with E-state index in [1.165, 1.54) is 0 Å². The van der Waals surface area contributed by atoms with Gasteiger partial charge in [0.1, 0.15) is 5.75 Å². The average molecular weight is 321 g/mol. The highest BCUT2D eigenvalue weighted by Crippen LogP contribution is 2.27. The summed E-state index contributed by atoms with van der Waals surface area (Å²) in [4.78, 5) is 11.5. The molecule has 0 bridgehead atoms. The topological polar surface area (TPSA) is 89.3 Å². The van der Waals surface area contributed by atoms with E-state index in [1.54, 1.807) is 19.1 Å². The number of carbonyl (C=O) groups is 1. The molecule has 0 aliphatic carbocycles. The van der Waals surface area contributed by atoms with Crippen LogP contribution in [0.25, 0.3) is 0 Å². The Labute approximate surface area is 108 Å². The first kappa shape index (κ1) is 14.0. The zero-order chi connectivity index (χ0) is 13.2. The van der Waals surface area contributed by atoms with E-state index >= 15 is 0 Å². The van der Waals surface area contributed by atoms with Crippen molar-refractivity contribution in [1.29, 1.82) is 0 Å². The first-order valence-electron chi connectivity index (χ1n) is 4.72. The summed E-state index contributed by atoms with van der Waals surface area (Å²) in [7, 11) is -3.34. The molecule has 0 fully saturated rings. The van der Waals surface area contributed by atoms with E-state index in [2.05, 4.69) is 21.2 Å². The Morgan fingerprint density at radius 1 is 1.47 bits per heavy atom. The van der Waals surface area contributed by atoms with Gasteiger partial charge in [0.25, 0.3) is 0 Å². The molecule has 0 aliphatic heterocycles. The molecule has 5 nitrogen and oxygen atoms in total. The van der Waals surface area contributed by atoms with Crippen LogP contribution in [-0.4, -0.2) is 26.3 Å². The zero-order valence-corrected chi connectivity index (χ0v) is 11.9. The highest BCUT2D eigenvalue weighted by Gasteiger charge is 2.13. The van der Waals surface area contributed by atoms with Crippen molar-refractivity contribution in [3.8, 4) is 0 Å². The summed E-state index contributed by atoms with van der Waals surface area (Å²) in [6.07, 6.45) is 1.00. The molecule has 0 radical (unpaired) electrons. The van der Waals surface area contributed by atoms with Crippen molar-refractivity contribution >= 4 is 43.0 Å². The summed E-state index contributed by atoms with van der Waals surface area (Å²) in [6, 6.07) is 3.43. The van der Waals surface area contributed by atoms with Crippen LogP contribution in [0, 0.1) is 6.92 Å². The number of hydrogen-bond donors (Lipinski definition) is 2. The number of amides is 1. The number of nitrogens with one attached hydrogen (secondary N) is 1. The summed E-state index contributed by atoms with van der Waals surface area (Å²) >= 11 is 3.27. The van der Waals surface area contributed by atoms with Gasteiger partial charge in [-0.3, -0.25) is 4.79 Å². The fourth-order valence-corrected chi connectivity index (χ4v) is 2.49. The van der Waals surface area contributed by atoms with Gasteiger partial charge in [-0.25, -0.2) is 8.42 Å². The Morgan fingerprint density at radius 2 is 2.06 bits per heavy atom. The Bertz CT molecular complexity index is 532. The van der Waals surface area contributed by atoms with Crippen molar-refractivity contribution in [2.24, 2.45) is 0 Å². The van der Waals surface area contributed by atoms with Gasteiger partial charge in [0.2, 0.25) is 5.91 Å². The van der Waals surface area contributed by atoms with Gasteiger partial charge in [-0.05, 0) is 24.6 Å². The summed E-state index contributed by atoms with van der Waals surface area (Å²) in [5, 5.41) is 2.50. The third-order valence-electron chi connectivity index (χ3n) is 1.99. The summed E-state index contributed by atoms with van der Waals surface area (Å²) in [5.74, 6) is -1.15. The quantitative estimate of drug-likeness (QED) is 0.822. The predicted octanol–water partition coefficient (Wildman–Crippen LogP) is 1.32. The molecule has 0 aromatic heterocycles. The van der Waals surface area contributed by atoms with E-state index in [0.717, 1.165) is 16.3 Å². The second-order valence-electron chi connectivity index (χ2n) is 3.81. The molecule has 0 spiro atoms. The van der Waals surface area contributed by atoms with Gasteiger partial charge < -0.3 is 11.1 Å². The Morgan fingerprint density at radius 3 is 2.53 bits per heavy atom. The molecule has 1 aromatic carbocycles. The standard InChI is InChI=1S/C10H13BrN2O3S/c1-6-3-7(11)4-8(12)10(6)13-9(14)5-17(2,15)16/h3-4H,5,12H2,1-2H3,(H,13,14). The van der Waals surface area contributed by atoms with Crippen LogP contribution in [0.4, 0.5) is 11.4 Å². The number of benzene rings is 1. The molecular weight excluding hydrogens is 308 g/mol. The average Bonchev–Trinajstić information content (AvgIpc) is 2.08. The first-order valence-corrected chi connectivity index (χ1v) is 7.57. The maximum Gasteiger partial charge on any atom is 0.239 e. The van der Waals surface area contributed by atoms with E-state index in [-0.39, 0.29) is 0 Å². The SMILES string of the molecule is Cc1cc(Br)cc(N)c1NC(=O)CS(C)(=O)=O. The van der Waals surface area contributed by atoms with Gasteiger partial charge in [0.05, 0.1) is 11.4 Å². The van der Waals surface area contributed by atoms with Crippen LogP contribution in [0.5, 0.6) is 0 Å². The zero-order valence-electron chi connectivity index (χ0n) is 9.45. The van der Waals surface area contributed by atoms with Gasteiger partial charge in [-0.1, -0.05) is 15.9 Å². The molecule has 17 heavy (non-hydrogen) atoms. The van der Waals surface area contributed by atoms with Crippen molar-refractivity contribution in [2.45, 2.75) is 6.92 Å². The lowest BCUT2D eigenvalue weighted by atomic mass is 10.1. The van der Waals surface area contributed by atoms with Crippen molar-refractivity contribution in [2.75, 3.05) is 23.1 Å². The van der Waals surface area contributed by atoms with Crippen LogP contribution in [0.1, 0.15) is 5.56 Å². The van der Waals surface area contributed by atoms with Crippen LogP contribution in [0.3, 0.4) is 0 Å². The van der Waals surface area contributed by atoms with E-state index < -0.39 is 21.5 Å². The lowest BCUT2D eigenvalue weighted by Gasteiger charge is -2.11. The van der Waals surface area contributed by atoms with Crippen LogP contribution < -0.4 is 11.1 Å². The first-order chi connectivity index (χ1) is 7.69. The number of carbonyl (C=O) groups excluding carboxylic acids is 1. The predicted molar refractivity (Wildman–Crippen MR) is 71.6 cm³/mol. The van der Waals surface area contributed by atoms with E-state index in [4.69, 9.17) is 5.73 Å². The van der Waals surface area contributed by atoms with Gasteiger partial charge >= 0.3 is 0 Å². The molecule has 0 heterocycles. The van der Waals surface area contributed by atoms with Crippen LogP contribution in [0.15, 0.2) is 16.6 Å². The van der Waals surface area contributed by atoms with Crippen LogP contribution in [0.2, 0.25) is 0 Å². The Balaban J connectivity index is 2.93. The smallest absolute Gasteiger partial charge is 0.239 e. The van der Waals surface area contributed by atoms with Crippen LogP contribution in [-0.2, 0) is 14.6 Å². The van der Waals surface area contributed by atoms with Gasteiger partial charge in [0.15, 0.2) is 9.84 Å². The van der Waals surface area contributed by atoms with Gasteiger partial charge in [-0.15, -0.1) is 0 Å². The molecule has 0 saturated heterocycles. The van der Waals surface area contributed by atoms with Gasteiger partial charge in [-0.2, -0.15) is 0 Å². The molecule has 0 aliphatic rings. The highest BCUT2D eigenvalue weighted by atomic mass is 79.9. The number of aryl methyl sites for hydroxylation is 1. The molecule has 0 unspecified atom stereocenters. The Kier molecular flexibility index (Phi) is 4.16. The van der Waals surface area contributed by atoms with Crippen molar-refractivity contribution < 1.29 is 13.2 Å². The number of sulfone groups is 1. The highest BCUT2D eigenvalue weighted by molar-refractivity contribution is 9.10. The second-order valence-corrected chi connectivity index (χ2v) is 6.86. The fourth-order valence-electron chi connectivity index (χ4n) is 1.35. The van der Waals surface area contributed by atoms with E-state index in [9.17, 15) is 13.2 Å². The summed E-state index contributed by atoms with van der Waals surface area (Å²) < 4.78 is 22.7. The minimum Gasteiger partial charge on any atom is -0.397 e. The largest absolute Gasteiger partial charge is 0.397 e. The molecule has 1 amide bonds. The van der Waals surface area contributed by atoms with Gasteiger partial charge in [0, 0.05) is 10.7 Å². The number of hydrogen-bond acceptors (Lipinski definition) is 4. The number of rotatable bonds is 3. The molecule has 7 heteroatoms. The monoisotopic (exact) mass is 320 g/mol. The lowest BCUT2D eigenvalue weighted by molar-refractivity contribution is -0.113. The maximum atomic E-state index is 11.5. The number of nitrogens with two attached hydrogens (primary N) is 1. The summed E-state index contributed by atoms with van der Waals surface area (Å²) in [6.45, 7) is 1.77.